The van der Waals surface area contributed by atoms with Crippen molar-refractivity contribution >= 4 is 10.9 Å². The fraction of sp³-hybridized carbons (Fsp3) is 0.579. The second kappa shape index (κ2) is 5.33. The minimum absolute atomic E-state index is 0.254. The number of nitrogens with zero attached hydrogens (tertiary/aromatic N) is 2. The molecule has 2 aromatic rings. The SMILES string of the molecule is CO[C@]12C[C@@H](CCO)CN(C)[C@@H]1Cc1cn(C)c3cccc2c13. The number of likely N-dealkylation sites (N-methyl/N-ethyl adjacent to an activating group) is 1. The molecule has 2 aliphatic rings. The van der Waals surface area contributed by atoms with Crippen LogP contribution in [-0.2, 0) is 23.8 Å². The van der Waals surface area contributed by atoms with Crippen molar-refractivity contribution in [3.05, 3.63) is 35.5 Å². The Morgan fingerprint density at radius 3 is 2.91 bits per heavy atom. The topological polar surface area (TPSA) is 37.6 Å². The third-order valence-corrected chi connectivity index (χ3v) is 6.07. The largest absolute Gasteiger partial charge is 0.396 e. The van der Waals surface area contributed by atoms with Crippen LogP contribution in [0.1, 0.15) is 24.0 Å². The molecule has 3 atom stereocenters. The fourth-order valence-electron chi connectivity index (χ4n) is 5.09. The van der Waals surface area contributed by atoms with Crippen molar-refractivity contribution in [1.82, 2.24) is 9.47 Å². The molecule has 0 bridgehead atoms. The highest BCUT2D eigenvalue weighted by Crippen LogP contribution is 2.50. The summed E-state index contributed by atoms with van der Waals surface area (Å²) in [5.41, 5.74) is 3.79. The summed E-state index contributed by atoms with van der Waals surface area (Å²) in [7, 11) is 6.19. The maximum Gasteiger partial charge on any atom is 0.109 e. The minimum atomic E-state index is -0.263. The zero-order chi connectivity index (χ0) is 16.2. The molecule has 1 N–H and O–H groups in total. The van der Waals surface area contributed by atoms with Crippen molar-refractivity contribution < 1.29 is 9.84 Å². The lowest BCUT2D eigenvalue weighted by Crippen LogP contribution is -2.59. The van der Waals surface area contributed by atoms with Gasteiger partial charge in [0.2, 0.25) is 0 Å². The molecule has 0 saturated carbocycles. The molecular formula is C19H26N2O2. The number of ether oxygens (including phenoxy) is 1. The van der Waals surface area contributed by atoms with E-state index in [0.29, 0.717) is 12.0 Å². The van der Waals surface area contributed by atoms with Gasteiger partial charge in [0.15, 0.2) is 0 Å². The summed E-state index contributed by atoms with van der Waals surface area (Å²) in [6, 6.07) is 6.96. The van der Waals surface area contributed by atoms with Gasteiger partial charge in [-0.25, -0.2) is 0 Å². The van der Waals surface area contributed by atoms with E-state index >= 15 is 0 Å². The highest BCUT2D eigenvalue weighted by molar-refractivity contribution is 5.89. The highest BCUT2D eigenvalue weighted by Gasteiger charge is 2.51. The second-order valence-corrected chi connectivity index (χ2v) is 7.30. The lowest BCUT2D eigenvalue weighted by atomic mass is 9.68. The zero-order valence-corrected chi connectivity index (χ0v) is 14.2. The fourth-order valence-corrected chi connectivity index (χ4v) is 5.09. The van der Waals surface area contributed by atoms with E-state index in [1.807, 2.05) is 7.11 Å². The number of piperidine rings is 1. The van der Waals surface area contributed by atoms with Crippen LogP contribution >= 0.6 is 0 Å². The van der Waals surface area contributed by atoms with Gasteiger partial charge in [-0.2, -0.15) is 0 Å². The van der Waals surface area contributed by atoms with Gasteiger partial charge in [-0.05, 0) is 49.4 Å². The minimum Gasteiger partial charge on any atom is -0.396 e. The number of aliphatic hydroxyl groups excluding tert-OH is 1. The number of methoxy groups -OCH3 is 1. The number of hydrogen-bond donors (Lipinski definition) is 1. The molecule has 1 aliphatic heterocycles. The van der Waals surface area contributed by atoms with Gasteiger partial charge in [-0.3, -0.25) is 4.90 Å². The number of hydrogen-bond acceptors (Lipinski definition) is 3. The van der Waals surface area contributed by atoms with E-state index < -0.39 is 0 Å². The number of fused-ring (bicyclic) bond motifs is 2. The Balaban J connectivity index is 1.92. The molecule has 4 heteroatoms. The second-order valence-electron chi connectivity index (χ2n) is 7.30. The molecule has 1 saturated heterocycles. The Labute approximate surface area is 137 Å². The van der Waals surface area contributed by atoms with Crippen LogP contribution in [0.4, 0.5) is 0 Å². The van der Waals surface area contributed by atoms with Crippen molar-refractivity contribution in [1.29, 1.82) is 0 Å². The van der Waals surface area contributed by atoms with E-state index in [1.165, 1.54) is 22.0 Å². The predicted molar refractivity (Wildman–Crippen MR) is 91.5 cm³/mol. The Bertz CT molecular complexity index is 738. The average Bonchev–Trinajstić information content (AvgIpc) is 2.87. The van der Waals surface area contributed by atoms with E-state index in [2.05, 4.69) is 48.0 Å². The van der Waals surface area contributed by atoms with Crippen LogP contribution in [-0.4, -0.2) is 47.9 Å². The van der Waals surface area contributed by atoms with E-state index in [-0.39, 0.29) is 12.2 Å². The first-order chi connectivity index (χ1) is 11.1. The van der Waals surface area contributed by atoms with Gasteiger partial charge < -0.3 is 14.4 Å². The summed E-state index contributed by atoms with van der Waals surface area (Å²) < 4.78 is 8.49. The molecule has 1 aromatic heterocycles. The molecule has 1 fully saturated rings. The van der Waals surface area contributed by atoms with Gasteiger partial charge in [0.1, 0.15) is 5.60 Å². The van der Waals surface area contributed by atoms with Gasteiger partial charge in [-0.15, -0.1) is 0 Å². The monoisotopic (exact) mass is 314 g/mol. The molecule has 0 spiro atoms. The van der Waals surface area contributed by atoms with Crippen molar-refractivity contribution in [2.24, 2.45) is 13.0 Å². The van der Waals surface area contributed by atoms with E-state index in [0.717, 1.165) is 25.8 Å². The van der Waals surface area contributed by atoms with Crippen molar-refractivity contribution in [2.45, 2.75) is 30.9 Å². The summed E-state index contributed by atoms with van der Waals surface area (Å²) in [5, 5.41) is 10.8. The third kappa shape index (κ3) is 2.02. The Morgan fingerprint density at radius 2 is 2.17 bits per heavy atom. The van der Waals surface area contributed by atoms with Crippen molar-refractivity contribution in [3.63, 3.8) is 0 Å². The van der Waals surface area contributed by atoms with Gasteiger partial charge in [0.05, 0.1) is 0 Å². The number of likely N-dealkylation sites (tertiary alicyclic amines) is 1. The maximum atomic E-state index is 9.41. The van der Waals surface area contributed by atoms with E-state index in [9.17, 15) is 5.11 Å². The van der Waals surface area contributed by atoms with Gasteiger partial charge in [0, 0.05) is 50.5 Å². The number of rotatable bonds is 3. The highest BCUT2D eigenvalue weighted by atomic mass is 16.5. The van der Waals surface area contributed by atoms with Crippen LogP contribution in [0.25, 0.3) is 10.9 Å². The van der Waals surface area contributed by atoms with Crippen LogP contribution in [0, 0.1) is 5.92 Å². The molecule has 1 aliphatic carbocycles. The summed E-state index contributed by atoms with van der Waals surface area (Å²) >= 11 is 0. The molecular weight excluding hydrogens is 288 g/mol. The average molecular weight is 314 g/mol. The quantitative estimate of drug-likeness (QED) is 0.944. The number of aliphatic hydroxyl groups is 1. The number of aryl methyl sites for hydroxylation is 1. The van der Waals surface area contributed by atoms with Crippen molar-refractivity contribution in [2.75, 3.05) is 27.3 Å². The van der Waals surface area contributed by atoms with Crippen LogP contribution in [0.5, 0.6) is 0 Å². The first kappa shape index (κ1) is 15.2. The Hall–Kier alpha value is -1.36. The molecule has 0 unspecified atom stereocenters. The summed E-state index contributed by atoms with van der Waals surface area (Å²) in [6.07, 6.45) is 5.15. The van der Waals surface area contributed by atoms with Crippen LogP contribution in [0.3, 0.4) is 0 Å². The summed E-state index contributed by atoms with van der Waals surface area (Å²) in [4.78, 5) is 2.45. The number of aromatic nitrogens is 1. The van der Waals surface area contributed by atoms with Crippen molar-refractivity contribution in [3.8, 4) is 0 Å². The van der Waals surface area contributed by atoms with Crippen LogP contribution in [0.2, 0.25) is 0 Å². The summed E-state index contributed by atoms with van der Waals surface area (Å²) in [5.74, 6) is 0.474. The third-order valence-electron chi connectivity index (χ3n) is 6.07. The standard InChI is InChI=1S/C19H26N2O2/c1-20-12-14-9-17-19(23-3,10-13(7-8-22)11-21(17)2)15-5-4-6-16(20)18(14)15/h4-6,12-13,17,22H,7-11H2,1-3H3/t13-,17-,19+/m1/s1. The first-order valence-corrected chi connectivity index (χ1v) is 8.54. The molecule has 1 aromatic carbocycles. The molecule has 124 valence electrons. The van der Waals surface area contributed by atoms with Gasteiger partial charge in [-0.1, -0.05) is 12.1 Å². The Kier molecular flexibility index (Phi) is 3.52. The van der Waals surface area contributed by atoms with Crippen LogP contribution in [0.15, 0.2) is 24.4 Å². The van der Waals surface area contributed by atoms with Gasteiger partial charge in [0.25, 0.3) is 0 Å². The molecule has 2 heterocycles. The zero-order valence-electron chi connectivity index (χ0n) is 14.2. The van der Waals surface area contributed by atoms with Gasteiger partial charge >= 0.3 is 0 Å². The normalized spacial score (nSPS) is 30.6. The lowest BCUT2D eigenvalue weighted by molar-refractivity contribution is -0.127. The smallest absolute Gasteiger partial charge is 0.109 e. The number of benzene rings is 1. The first-order valence-electron chi connectivity index (χ1n) is 8.54. The molecule has 4 rings (SSSR count). The van der Waals surface area contributed by atoms with E-state index in [1.54, 1.807) is 0 Å². The lowest BCUT2D eigenvalue weighted by Gasteiger charge is -2.53. The van der Waals surface area contributed by atoms with E-state index in [4.69, 9.17) is 4.74 Å². The molecule has 4 nitrogen and oxygen atoms in total. The predicted octanol–water partition coefficient (Wildman–Crippen LogP) is 2.28. The molecule has 0 amide bonds. The summed E-state index contributed by atoms with van der Waals surface area (Å²) in [6.45, 7) is 1.29. The molecule has 23 heavy (non-hydrogen) atoms. The molecule has 0 radical (unpaired) electrons. The maximum absolute atomic E-state index is 9.41. The Morgan fingerprint density at radius 1 is 1.35 bits per heavy atom. The van der Waals surface area contributed by atoms with Crippen LogP contribution < -0.4 is 0 Å².